The van der Waals surface area contributed by atoms with E-state index < -0.39 is 23.9 Å². The number of halogens is 2. The average molecular weight is 321 g/mol. The van der Waals surface area contributed by atoms with Crippen LogP contribution in [0, 0.1) is 5.82 Å². The minimum atomic E-state index is -1.88. The number of carboxylic acids is 1. The lowest BCUT2D eigenvalue weighted by molar-refractivity contribution is -0.136. The molecule has 2 rings (SSSR count). The van der Waals surface area contributed by atoms with E-state index >= 15 is 0 Å². The Hall–Kier alpha value is -2.50. The first kappa shape index (κ1) is 16.9. The summed E-state index contributed by atoms with van der Waals surface area (Å²) in [5.74, 6) is -1.45. The number of methoxy groups -OCH3 is 1. The molecule has 0 aliphatic carbocycles. The van der Waals surface area contributed by atoms with E-state index in [0.29, 0.717) is 17.0 Å². The van der Waals surface area contributed by atoms with Crippen molar-refractivity contribution in [2.24, 2.45) is 0 Å². The molecule has 0 spiro atoms. The molecule has 4 nitrogen and oxygen atoms in total. The van der Waals surface area contributed by atoms with Gasteiger partial charge in [-0.15, -0.1) is 0 Å². The first-order chi connectivity index (χ1) is 10.7. The quantitative estimate of drug-likeness (QED) is 0.911. The van der Waals surface area contributed by atoms with Crippen LogP contribution in [0.4, 0.5) is 8.78 Å². The van der Waals surface area contributed by atoms with E-state index in [4.69, 9.17) is 9.84 Å². The predicted octanol–water partition coefficient (Wildman–Crippen LogP) is 3.73. The van der Waals surface area contributed by atoms with Crippen LogP contribution in [0.1, 0.15) is 25.0 Å². The Morgan fingerprint density at radius 1 is 1.35 bits per heavy atom. The predicted molar refractivity (Wildman–Crippen MR) is 81.7 cm³/mol. The Labute approximate surface area is 132 Å². The summed E-state index contributed by atoms with van der Waals surface area (Å²) in [7, 11) is 1.44. The first-order valence-electron chi connectivity index (χ1n) is 6.96. The summed E-state index contributed by atoms with van der Waals surface area (Å²) in [6.45, 7) is 2.54. The largest absolute Gasteiger partial charge is 0.481 e. The number of aliphatic carboxylic acids is 1. The Balaban J connectivity index is 2.74. The SMILES string of the molecule is COc1cc(-c2cc(F)cc(C(C)(C)F)c2CC(=O)O)ccn1. The monoisotopic (exact) mass is 321 g/mol. The highest BCUT2D eigenvalue weighted by atomic mass is 19.1. The molecule has 0 aliphatic rings. The molecule has 23 heavy (non-hydrogen) atoms. The zero-order valence-corrected chi connectivity index (χ0v) is 13.1. The van der Waals surface area contributed by atoms with Gasteiger partial charge in [-0.3, -0.25) is 4.79 Å². The van der Waals surface area contributed by atoms with Crippen molar-refractivity contribution in [2.75, 3.05) is 7.11 Å². The Kier molecular flexibility index (Phi) is 4.63. The van der Waals surface area contributed by atoms with Crippen molar-refractivity contribution in [1.82, 2.24) is 4.98 Å². The number of carboxylic acid groups (broad SMARTS) is 1. The number of alkyl halides is 1. The summed E-state index contributed by atoms with van der Waals surface area (Å²) in [4.78, 5) is 15.1. The fraction of sp³-hybridized carbons (Fsp3) is 0.294. The van der Waals surface area contributed by atoms with Crippen molar-refractivity contribution in [3.05, 3.63) is 47.4 Å². The van der Waals surface area contributed by atoms with Gasteiger partial charge in [0.2, 0.25) is 5.88 Å². The van der Waals surface area contributed by atoms with Crippen LogP contribution in [-0.4, -0.2) is 23.2 Å². The maximum atomic E-state index is 14.5. The molecule has 1 aromatic carbocycles. The maximum absolute atomic E-state index is 14.5. The molecular formula is C17H17F2NO3. The molecule has 6 heteroatoms. The van der Waals surface area contributed by atoms with Crippen LogP contribution < -0.4 is 4.74 Å². The summed E-state index contributed by atoms with van der Waals surface area (Å²) in [6.07, 6.45) is 1.05. The molecule has 1 heterocycles. The van der Waals surface area contributed by atoms with Gasteiger partial charge < -0.3 is 9.84 Å². The zero-order valence-electron chi connectivity index (χ0n) is 13.1. The van der Waals surface area contributed by atoms with Crippen molar-refractivity contribution in [3.63, 3.8) is 0 Å². The summed E-state index contributed by atoms with van der Waals surface area (Å²) in [5, 5.41) is 9.15. The van der Waals surface area contributed by atoms with Crippen molar-refractivity contribution in [3.8, 4) is 17.0 Å². The second kappa shape index (κ2) is 6.32. The first-order valence-corrected chi connectivity index (χ1v) is 6.96. The third-order valence-electron chi connectivity index (χ3n) is 3.44. The van der Waals surface area contributed by atoms with Gasteiger partial charge in [0, 0.05) is 12.3 Å². The van der Waals surface area contributed by atoms with Crippen molar-refractivity contribution < 1.29 is 23.4 Å². The topological polar surface area (TPSA) is 59.4 Å². The third kappa shape index (κ3) is 3.83. The minimum Gasteiger partial charge on any atom is -0.481 e. The molecule has 0 aliphatic heterocycles. The highest BCUT2D eigenvalue weighted by Crippen LogP contribution is 2.36. The van der Waals surface area contributed by atoms with Crippen LogP contribution in [0.2, 0.25) is 0 Å². The van der Waals surface area contributed by atoms with Crippen LogP contribution in [-0.2, 0) is 16.9 Å². The molecule has 0 atom stereocenters. The van der Waals surface area contributed by atoms with E-state index in [2.05, 4.69) is 4.98 Å². The van der Waals surface area contributed by atoms with E-state index in [9.17, 15) is 13.6 Å². The number of rotatable bonds is 5. The standard InChI is InChI=1S/C17H17F2NO3/c1-17(2,19)14-8-11(18)7-12(13(14)9-16(21)22)10-4-5-20-15(6-10)23-3/h4-8H,9H2,1-3H3,(H,21,22). The van der Waals surface area contributed by atoms with Crippen molar-refractivity contribution in [1.29, 1.82) is 0 Å². The summed E-state index contributed by atoms with van der Waals surface area (Å²) >= 11 is 0. The van der Waals surface area contributed by atoms with Gasteiger partial charge in [0.05, 0.1) is 13.5 Å². The van der Waals surface area contributed by atoms with Gasteiger partial charge >= 0.3 is 5.97 Å². The highest BCUT2D eigenvalue weighted by molar-refractivity contribution is 5.78. The molecule has 2 aromatic rings. The summed E-state index contributed by atoms with van der Waals surface area (Å²) in [6, 6.07) is 5.38. The van der Waals surface area contributed by atoms with E-state index in [1.54, 1.807) is 12.1 Å². The molecule has 0 amide bonds. The molecule has 0 fully saturated rings. The molecule has 1 aromatic heterocycles. The maximum Gasteiger partial charge on any atom is 0.307 e. The number of aromatic nitrogens is 1. The average Bonchev–Trinajstić information content (AvgIpc) is 2.47. The lowest BCUT2D eigenvalue weighted by Gasteiger charge is -2.22. The van der Waals surface area contributed by atoms with Gasteiger partial charge in [-0.25, -0.2) is 13.8 Å². The molecule has 0 saturated carbocycles. The van der Waals surface area contributed by atoms with Crippen LogP contribution in [0.3, 0.4) is 0 Å². The smallest absolute Gasteiger partial charge is 0.307 e. The fourth-order valence-corrected chi connectivity index (χ4v) is 2.46. The van der Waals surface area contributed by atoms with Crippen LogP contribution >= 0.6 is 0 Å². The molecule has 0 saturated heterocycles. The van der Waals surface area contributed by atoms with Gasteiger partial charge in [-0.1, -0.05) is 0 Å². The fourth-order valence-electron chi connectivity index (χ4n) is 2.46. The second-order valence-electron chi connectivity index (χ2n) is 5.61. The van der Waals surface area contributed by atoms with E-state index in [1.807, 2.05) is 0 Å². The number of benzene rings is 1. The second-order valence-corrected chi connectivity index (χ2v) is 5.61. The third-order valence-corrected chi connectivity index (χ3v) is 3.44. The minimum absolute atomic E-state index is 0.0191. The van der Waals surface area contributed by atoms with E-state index in [-0.39, 0.29) is 11.1 Å². The molecule has 0 bridgehead atoms. The summed E-state index contributed by atoms with van der Waals surface area (Å²) in [5.41, 5.74) is -0.795. The molecular weight excluding hydrogens is 304 g/mol. The number of nitrogens with zero attached hydrogens (tertiary/aromatic N) is 1. The summed E-state index contributed by atoms with van der Waals surface area (Å²) < 4.78 is 33.5. The zero-order chi connectivity index (χ0) is 17.2. The molecule has 122 valence electrons. The van der Waals surface area contributed by atoms with Gasteiger partial charge in [0.15, 0.2) is 0 Å². The molecule has 0 radical (unpaired) electrons. The highest BCUT2D eigenvalue weighted by Gasteiger charge is 2.27. The Morgan fingerprint density at radius 2 is 2.04 bits per heavy atom. The van der Waals surface area contributed by atoms with Crippen LogP contribution in [0.15, 0.2) is 30.5 Å². The Morgan fingerprint density at radius 3 is 2.61 bits per heavy atom. The van der Waals surface area contributed by atoms with Gasteiger partial charge in [-0.2, -0.15) is 0 Å². The molecule has 1 N–H and O–H groups in total. The van der Waals surface area contributed by atoms with Gasteiger partial charge in [0.25, 0.3) is 0 Å². The van der Waals surface area contributed by atoms with Crippen molar-refractivity contribution >= 4 is 5.97 Å². The molecule has 0 unspecified atom stereocenters. The van der Waals surface area contributed by atoms with Crippen LogP contribution in [0.25, 0.3) is 11.1 Å². The van der Waals surface area contributed by atoms with Crippen LogP contribution in [0.5, 0.6) is 5.88 Å². The normalized spacial score (nSPS) is 11.3. The number of ether oxygens (including phenoxy) is 1. The lowest BCUT2D eigenvalue weighted by Crippen LogP contribution is -2.16. The lowest BCUT2D eigenvalue weighted by atomic mass is 9.87. The number of carbonyl (C=O) groups is 1. The number of hydrogen-bond acceptors (Lipinski definition) is 3. The van der Waals surface area contributed by atoms with E-state index in [0.717, 1.165) is 6.07 Å². The number of pyridine rings is 1. The van der Waals surface area contributed by atoms with E-state index in [1.165, 1.54) is 33.2 Å². The number of hydrogen-bond donors (Lipinski definition) is 1. The van der Waals surface area contributed by atoms with Crippen molar-refractivity contribution in [2.45, 2.75) is 25.9 Å². The van der Waals surface area contributed by atoms with Gasteiger partial charge in [0.1, 0.15) is 11.5 Å². The Bertz CT molecular complexity index is 739. The van der Waals surface area contributed by atoms with Gasteiger partial charge in [-0.05, 0) is 54.3 Å².